The minimum atomic E-state index is -1.04. The Bertz CT molecular complexity index is 308. The molecule has 0 aliphatic heterocycles. The Hall–Kier alpha value is -1.23. The first-order valence-corrected chi connectivity index (χ1v) is 3.48. The monoisotopic (exact) mass is 205 g/mol. The fourth-order valence-electron chi connectivity index (χ4n) is 0.740. The van der Waals surface area contributed by atoms with Crippen molar-refractivity contribution in [1.29, 1.82) is 0 Å². The van der Waals surface area contributed by atoms with Gasteiger partial charge in [0.15, 0.2) is 5.54 Å². The van der Waals surface area contributed by atoms with E-state index in [0.29, 0.717) is 5.69 Å². The van der Waals surface area contributed by atoms with Crippen molar-refractivity contribution in [2.45, 2.75) is 19.4 Å². The predicted octanol–water partition coefficient (Wildman–Crippen LogP) is 0.707. The second kappa shape index (κ2) is 3.66. The van der Waals surface area contributed by atoms with E-state index in [9.17, 15) is 4.79 Å². The van der Waals surface area contributed by atoms with Gasteiger partial charge in [-0.25, -0.2) is 4.79 Å². The molecule has 3 N–H and O–H groups in total. The van der Waals surface area contributed by atoms with Crippen LogP contribution in [0.4, 0.5) is 5.69 Å². The quantitative estimate of drug-likeness (QED) is 0.745. The van der Waals surface area contributed by atoms with Crippen LogP contribution in [0.2, 0.25) is 0 Å². The first-order chi connectivity index (χ1) is 5.44. The highest BCUT2D eigenvalue weighted by atomic mass is 35.5. The number of halogens is 1. The molecule has 13 heavy (non-hydrogen) atoms. The predicted molar refractivity (Wildman–Crippen MR) is 50.8 cm³/mol. The van der Waals surface area contributed by atoms with E-state index in [0.717, 1.165) is 0 Å². The van der Waals surface area contributed by atoms with Gasteiger partial charge in [0, 0.05) is 6.20 Å². The molecule has 0 saturated carbocycles. The van der Waals surface area contributed by atoms with Crippen LogP contribution in [0.15, 0.2) is 12.4 Å². The van der Waals surface area contributed by atoms with Crippen LogP contribution in [0.3, 0.4) is 0 Å². The molecule has 0 aliphatic rings. The van der Waals surface area contributed by atoms with Crippen molar-refractivity contribution < 1.29 is 9.90 Å². The van der Waals surface area contributed by atoms with E-state index in [4.69, 9.17) is 10.8 Å². The molecule has 1 rings (SSSR count). The van der Waals surface area contributed by atoms with Crippen molar-refractivity contribution in [3.63, 3.8) is 0 Å². The SMILES string of the molecule is CC(C)(C(=O)O)n1cc(N)cn1.Cl. The van der Waals surface area contributed by atoms with E-state index in [1.165, 1.54) is 17.1 Å². The summed E-state index contributed by atoms with van der Waals surface area (Å²) in [4.78, 5) is 10.7. The first kappa shape index (κ1) is 11.8. The highest BCUT2D eigenvalue weighted by Gasteiger charge is 2.29. The largest absolute Gasteiger partial charge is 0.479 e. The zero-order chi connectivity index (χ0) is 9.35. The molecule has 0 aromatic carbocycles. The van der Waals surface area contributed by atoms with Crippen molar-refractivity contribution in [3.8, 4) is 0 Å². The van der Waals surface area contributed by atoms with Crippen LogP contribution in [-0.2, 0) is 10.3 Å². The summed E-state index contributed by atoms with van der Waals surface area (Å²) in [6, 6.07) is 0. The normalized spacial score (nSPS) is 10.6. The molecule has 1 aromatic heterocycles. The molecule has 0 aliphatic carbocycles. The first-order valence-electron chi connectivity index (χ1n) is 3.48. The van der Waals surface area contributed by atoms with Crippen molar-refractivity contribution in [2.24, 2.45) is 0 Å². The molecule has 0 bridgehead atoms. The van der Waals surface area contributed by atoms with Crippen LogP contribution < -0.4 is 5.73 Å². The Labute approximate surface area is 81.9 Å². The van der Waals surface area contributed by atoms with Crippen molar-refractivity contribution >= 4 is 24.1 Å². The van der Waals surface area contributed by atoms with Crippen LogP contribution in [0.5, 0.6) is 0 Å². The van der Waals surface area contributed by atoms with Crippen LogP contribution in [0, 0.1) is 0 Å². The molecule has 0 saturated heterocycles. The van der Waals surface area contributed by atoms with Gasteiger partial charge in [-0.15, -0.1) is 12.4 Å². The summed E-state index contributed by atoms with van der Waals surface area (Å²) in [5, 5.41) is 12.6. The lowest BCUT2D eigenvalue weighted by Gasteiger charge is -2.19. The van der Waals surface area contributed by atoms with Crippen LogP contribution in [0.1, 0.15) is 13.8 Å². The van der Waals surface area contributed by atoms with Gasteiger partial charge in [-0.1, -0.05) is 0 Å². The Morgan fingerprint density at radius 1 is 1.69 bits per heavy atom. The lowest BCUT2D eigenvalue weighted by atomic mass is 10.1. The summed E-state index contributed by atoms with van der Waals surface area (Å²) in [7, 11) is 0. The number of aliphatic carboxylic acids is 1. The zero-order valence-electron chi connectivity index (χ0n) is 7.39. The minimum Gasteiger partial charge on any atom is -0.479 e. The zero-order valence-corrected chi connectivity index (χ0v) is 8.21. The fraction of sp³-hybridized carbons (Fsp3) is 0.429. The maximum absolute atomic E-state index is 10.7. The van der Waals surface area contributed by atoms with Crippen molar-refractivity contribution in [2.75, 3.05) is 5.73 Å². The van der Waals surface area contributed by atoms with Crippen molar-refractivity contribution in [1.82, 2.24) is 9.78 Å². The van der Waals surface area contributed by atoms with Gasteiger partial charge in [0.25, 0.3) is 0 Å². The Morgan fingerprint density at radius 3 is 2.54 bits per heavy atom. The van der Waals surface area contributed by atoms with Gasteiger partial charge < -0.3 is 10.8 Å². The minimum absolute atomic E-state index is 0. The second-order valence-electron chi connectivity index (χ2n) is 3.08. The van der Waals surface area contributed by atoms with Gasteiger partial charge in [0.05, 0.1) is 11.9 Å². The molecule has 0 spiro atoms. The molecule has 0 unspecified atom stereocenters. The maximum atomic E-state index is 10.7. The molecule has 1 heterocycles. The fourth-order valence-corrected chi connectivity index (χ4v) is 0.740. The molecular weight excluding hydrogens is 194 g/mol. The third-order valence-corrected chi connectivity index (χ3v) is 1.70. The standard InChI is InChI=1S/C7H11N3O2.ClH/c1-7(2,6(11)12)10-4-5(8)3-9-10;/h3-4H,8H2,1-2H3,(H,11,12);1H. The third-order valence-electron chi connectivity index (χ3n) is 1.70. The molecule has 0 atom stereocenters. The number of carboxylic acids is 1. The number of carboxylic acid groups (broad SMARTS) is 1. The number of hydrogen-bond donors (Lipinski definition) is 2. The van der Waals surface area contributed by atoms with E-state index in [1.807, 2.05) is 0 Å². The van der Waals surface area contributed by atoms with Gasteiger partial charge >= 0.3 is 5.97 Å². The average molecular weight is 206 g/mol. The molecule has 0 radical (unpaired) electrons. The van der Waals surface area contributed by atoms with Gasteiger partial charge in [-0.2, -0.15) is 5.10 Å². The smallest absolute Gasteiger partial charge is 0.331 e. The molecule has 6 heteroatoms. The highest BCUT2D eigenvalue weighted by molar-refractivity contribution is 5.85. The molecule has 0 fully saturated rings. The molecule has 5 nitrogen and oxygen atoms in total. The summed E-state index contributed by atoms with van der Waals surface area (Å²) in [6.07, 6.45) is 2.92. The third kappa shape index (κ3) is 2.12. The molecule has 1 aromatic rings. The number of hydrogen-bond acceptors (Lipinski definition) is 3. The summed E-state index contributed by atoms with van der Waals surface area (Å²) in [6.45, 7) is 3.11. The summed E-state index contributed by atoms with van der Waals surface area (Å²) >= 11 is 0. The number of carbonyl (C=O) groups is 1. The highest BCUT2D eigenvalue weighted by Crippen LogP contribution is 2.15. The molecule has 74 valence electrons. The Morgan fingerprint density at radius 2 is 2.23 bits per heavy atom. The van der Waals surface area contributed by atoms with E-state index >= 15 is 0 Å². The van der Waals surface area contributed by atoms with E-state index in [-0.39, 0.29) is 12.4 Å². The van der Waals surface area contributed by atoms with Crippen molar-refractivity contribution in [3.05, 3.63) is 12.4 Å². The number of aromatic nitrogens is 2. The number of anilines is 1. The lowest BCUT2D eigenvalue weighted by molar-refractivity contribution is -0.146. The van der Waals surface area contributed by atoms with E-state index in [1.54, 1.807) is 13.8 Å². The summed E-state index contributed by atoms with van der Waals surface area (Å²) in [5.41, 5.74) is 4.82. The van der Waals surface area contributed by atoms with Gasteiger partial charge in [0.1, 0.15) is 0 Å². The Balaban J connectivity index is 0.00000144. The van der Waals surface area contributed by atoms with Gasteiger partial charge in [-0.3, -0.25) is 4.68 Å². The molecular formula is C7H12ClN3O2. The summed E-state index contributed by atoms with van der Waals surface area (Å²) in [5.74, 6) is -0.939. The topological polar surface area (TPSA) is 81.1 Å². The number of rotatable bonds is 2. The summed E-state index contributed by atoms with van der Waals surface area (Å²) < 4.78 is 1.32. The maximum Gasteiger partial charge on any atom is 0.331 e. The van der Waals surface area contributed by atoms with Crippen LogP contribution in [-0.4, -0.2) is 20.9 Å². The lowest BCUT2D eigenvalue weighted by Crippen LogP contribution is -2.35. The average Bonchev–Trinajstić information content (AvgIpc) is 2.35. The van der Waals surface area contributed by atoms with Crippen LogP contribution in [0.25, 0.3) is 0 Å². The van der Waals surface area contributed by atoms with Crippen LogP contribution >= 0.6 is 12.4 Å². The van der Waals surface area contributed by atoms with E-state index < -0.39 is 11.5 Å². The number of nitrogen functional groups attached to an aromatic ring is 1. The number of nitrogens with zero attached hydrogens (tertiary/aromatic N) is 2. The Kier molecular flexibility index (Phi) is 3.31. The van der Waals surface area contributed by atoms with Gasteiger partial charge in [0.2, 0.25) is 0 Å². The van der Waals surface area contributed by atoms with Gasteiger partial charge in [-0.05, 0) is 13.8 Å². The van der Waals surface area contributed by atoms with E-state index in [2.05, 4.69) is 5.10 Å². The second-order valence-corrected chi connectivity index (χ2v) is 3.08. The molecule has 0 amide bonds. The number of nitrogens with two attached hydrogens (primary N) is 1.